The van der Waals surface area contributed by atoms with Crippen LogP contribution < -0.4 is 10.1 Å². The van der Waals surface area contributed by atoms with Crippen molar-refractivity contribution in [1.29, 1.82) is 0 Å². The van der Waals surface area contributed by atoms with Crippen LogP contribution in [-0.2, 0) is 11.3 Å². The van der Waals surface area contributed by atoms with Gasteiger partial charge in [-0.15, -0.1) is 0 Å². The maximum absolute atomic E-state index is 13.2. The largest absolute Gasteiger partial charge is 0.497 e. The van der Waals surface area contributed by atoms with Gasteiger partial charge < -0.3 is 14.8 Å². The Bertz CT molecular complexity index is 1330. The van der Waals surface area contributed by atoms with Crippen LogP contribution in [0.2, 0.25) is 0 Å². The molecule has 0 aliphatic carbocycles. The van der Waals surface area contributed by atoms with Crippen molar-refractivity contribution in [3.05, 3.63) is 89.5 Å². The first-order chi connectivity index (χ1) is 15.1. The number of cyclic esters (lactones) is 1. The van der Waals surface area contributed by atoms with E-state index in [4.69, 9.17) is 14.5 Å². The van der Waals surface area contributed by atoms with Gasteiger partial charge in [-0.05, 0) is 48.5 Å². The Kier molecular flexibility index (Phi) is 4.59. The zero-order valence-electron chi connectivity index (χ0n) is 16.7. The van der Waals surface area contributed by atoms with Crippen molar-refractivity contribution in [3.8, 4) is 17.0 Å². The summed E-state index contributed by atoms with van der Waals surface area (Å²) in [5, 5.41) is 3.65. The molecule has 6 heteroatoms. The molecule has 1 N–H and O–H groups in total. The highest BCUT2D eigenvalue weighted by Crippen LogP contribution is 2.28. The normalized spacial score (nSPS) is 12.4. The second-order valence-electron chi connectivity index (χ2n) is 7.20. The van der Waals surface area contributed by atoms with Gasteiger partial charge in [0.25, 0.3) is 5.91 Å². The molecule has 2 heterocycles. The number of esters is 1. The van der Waals surface area contributed by atoms with Gasteiger partial charge in [0.15, 0.2) is 0 Å². The third kappa shape index (κ3) is 3.48. The number of methoxy groups -OCH3 is 1. The van der Waals surface area contributed by atoms with Gasteiger partial charge >= 0.3 is 5.97 Å². The van der Waals surface area contributed by atoms with Gasteiger partial charge in [-0.2, -0.15) is 0 Å². The monoisotopic (exact) mass is 410 g/mol. The molecule has 0 spiro atoms. The average Bonchev–Trinajstić information content (AvgIpc) is 3.18. The number of para-hydroxylation sites is 1. The van der Waals surface area contributed by atoms with E-state index in [1.165, 1.54) is 0 Å². The standard InChI is InChI=1S/C25H18N2O4/c1-30-18-10-7-15(8-11-18)23-13-21(19-4-2-3-5-22(19)27-23)24(28)26-17-9-6-16-14-31-25(29)20(16)12-17/h2-13H,14H2,1H3,(H,26,28). The molecule has 152 valence electrons. The summed E-state index contributed by atoms with van der Waals surface area (Å²) in [4.78, 5) is 29.8. The summed E-state index contributed by atoms with van der Waals surface area (Å²) in [6, 6.07) is 22.0. The fourth-order valence-electron chi connectivity index (χ4n) is 3.66. The second kappa shape index (κ2) is 7.57. The van der Waals surface area contributed by atoms with Crippen molar-refractivity contribution in [2.75, 3.05) is 12.4 Å². The lowest BCUT2D eigenvalue weighted by atomic mass is 10.0. The second-order valence-corrected chi connectivity index (χ2v) is 7.20. The number of ether oxygens (including phenoxy) is 2. The van der Waals surface area contributed by atoms with Crippen molar-refractivity contribution < 1.29 is 19.1 Å². The average molecular weight is 410 g/mol. The quantitative estimate of drug-likeness (QED) is 0.488. The lowest BCUT2D eigenvalue weighted by Crippen LogP contribution is -2.13. The Labute approximate surface area is 178 Å². The molecule has 3 aromatic carbocycles. The number of nitrogens with zero attached hydrogens (tertiary/aromatic N) is 1. The lowest BCUT2D eigenvalue weighted by Gasteiger charge is -2.11. The van der Waals surface area contributed by atoms with Crippen molar-refractivity contribution in [2.24, 2.45) is 0 Å². The Morgan fingerprint density at radius 2 is 1.84 bits per heavy atom. The van der Waals surface area contributed by atoms with E-state index in [9.17, 15) is 9.59 Å². The molecule has 0 atom stereocenters. The van der Waals surface area contributed by atoms with Gasteiger partial charge in [-0.1, -0.05) is 24.3 Å². The minimum absolute atomic E-state index is 0.266. The van der Waals surface area contributed by atoms with Crippen molar-refractivity contribution in [1.82, 2.24) is 4.98 Å². The number of carbonyl (C=O) groups is 2. The zero-order valence-corrected chi connectivity index (χ0v) is 16.7. The number of nitrogens with one attached hydrogen (secondary N) is 1. The summed E-state index contributed by atoms with van der Waals surface area (Å²) in [5.74, 6) is 0.0968. The summed E-state index contributed by atoms with van der Waals surface area (Å²) in [6.07, 6.45) is 0. The number of carbonyl (C=O) groups excluding carboxylic acids is 2. The fourth-order valence-corrected chi connectivity index (χ4v) is 3.66. The van der Waals surface area contributed by atoms with E-state index in [-0.39, 0.29) is 18.5 Å². The van der Waals surface area contributed by atoms with Crippen molar-refractivity contribution in [2.45, 2.75) is 6.61 Å². The van der Waals surface area contributed by atoms with Gasteiger partial charge in [-0.3, -0.25) is 4.79 Å². The molecule has 1 amide bonds. The van der Waals surface area contributed by atoms with Crippen LogP contribution >= 0.6 is 0 Å². The molecular formula is C25H18N2O4. The van der Waals surface area contributed by atoms with Crippen molar-refractivity contribution in [3.63, 3.8) is 0 Å². The molecule has 4 aromatic rings. The summed E-state index contributed by atoms with van der Waals surface area (Å²) in [5.41, 5.74) is 4.62. The van der Waals surface area contributed by atoms with Crippen LogP contribution in [0.25, 0.3) is 22.2 Å². The van der Waals surface area contributed by atoms with Crippen LogP contribution in [0.3, 0.4) is 0 Å². The molecule has 6 nitrogen and oxygen atoms in total. The van der Waals surface area contributed by atoms with Gasteiger partial charge in [0.2, 0.25) is 0 Å². The molecule has 5 rings (SSSR count). The van der Waals surface area contributed by atoms with E-state index in [0.29, 0.717) is 22.5 Å². The number of hydrogen-bond acceptors (Lipinski definition) is 5. The SMILES string of the molecule is COc1ccc(-c2cc(C(=O)Nc3ccc4c(c3)C(=O)OC4)c3ccccc3n2)cc1. The molecule has 1 aromatic heterocycles. The predicted molar refractivity (Wildman–Crippen MR) is 117 cm³/mol. The summed E-state index contributed by atoms with van der Waals surface area (Å²) >= 11 is 0. The molecule has 0 radical (unpaired) electrons. The van der Waals surface area contributed by atoms with Crippen LogP contribution in [0.5, 0.6) is 5.75 Å². The maximum Gasteiger partial charge on any atom is 0.338 e. The number of amides is 1. The molecule has 1 aliphatic heterocycles. The van der Waals surface area contributed by atoms with E-state index in [2.05, 4.69) is 5.32 Å². The van der Waals surface area contributed by atoms with Gasteiger partial charge in [0, 0.05) is 22.2 Å². The van der Waals surface area contributed by atoms with Crippen LogP contribution in [0.15, 0.2) is 72.8 Å². The van der Waals surface area contributed by atoms with E-state index in [1.54, 1.807) is 31.4 Å². The van der Waals surface area contributed by atoms with Crippen LogP contribution in [0.1, 0.15) is 26.3 Å². The number of aromatic nitrogens is 1. The smallest absolute Gasteiger partial charge is 0.338 e. The number of pyridine rings is 1. The van der Waals surface area contributed by atoms with Gasteiger partial charge in [-0.25, -0.2) is 9.78 Å². The van der Waals surface area contributed by atoms with Gasteiger partial charge in [0.05, 0.1) is 29.4 Å². The topological polar surface area (TPSA) is 77.5 Å². The van der Waals surface area contributed by atoms with E-state index < -0.39 is 0 Å². The van der Waals surface area contributed by atoms with E-state index in [0.717, 1.165) is 27.8 Å². The minimum Gasteiger partial charge on any atom is -0.497 e. The summed E-state index contributed by atoms with van der Waals surface area (Å²) in [6.45, 7) is 0.266. The Morgan fingerprint density at radius 3 is 2.65 bits per heavy atom. The molecule has 0 fully saturated rings. The third-order valence-corrected chi connectivity index (χ3v) is 5.29. The predicted octanol–water partition coefficient (Wildman–Crippen LogP) is 4.83. The zero-order chi connectivity index (χ0) is 21.4. The number of fused-ring (bicyclic) bond motifs is 2. The molecule has 0 saturated heterocycles. The first-order valence-corrected chi connectivity index (χ1v) is 9.78. The van der Waals surface area contributed by atoms with E-state index in [1.807, 2.05) is 48.5 Å². The minimum atomic E-state index is -0.373. The highest BCUT2D eigenvalue weighted by molar-refractivity contribution is 6.13. The van der Waals surface area contributed by atoms with Crippen LogP contribution in [0, 0.1) is 0 Å². The van der Waals surface area contributed by atoms with Crippen LogP contribution in [-0.4, -0.2) is 24.0 Å². The summed E-state index contributed by atoms with van der Waals surface area (Å²) < 4.78 is 10.3. The summed E-state index contributed by atoms with van der Waals surface area (Å²) in [7, 11) is 1.62. The van der Waals surface area contributed by atoms with Gasteiger partial charge in [0.1, 0.15) is 12.4 Å². The Hall–Kier alpha value is -4.19. The lowest BCUT2D eigenvalue weighted by molar-refractivity contribution is 0.0535. The van der Waals surface area contributed by atoms with Crippen LogP contribution in [0.4, 0.5) is 5.69 Å². The number of benzene rings is 3. The Balaban J connectivity index is 1.54. The molecular weight excluding hydrogens is 392 g/mol. The number of rotatable bonds is 4. The Morgan fingerprint density at radius 1 is 1.03 bits per heavy atom. The fraction of sp³-hybridized carbons (Fsp3) is 0.0800. The molecule has 1 aliphatic rings. The van der Waals surface area contributed by atoms with Crippen molar-refractivity contribution >= 4 is 28.5 Å². The molecule has 0 bridgehead atoms. The molecule has 31 heavy (non-hydrogen) atoms. The first-order valence-electron chi connectivity index (χ1n) is 9.78. The first kappa shape index (κ1) is 18.8. The number of anilines is 1. The highest BCUT2D eigenvalue weighted by atomic mass is 16.5. The highest BCUT2D eigenvalue weighted by Gasteiger charge is 2.22. The molecule has 0 saturated carbocycles. The van der Waals surface area contributed by atoms with E-state index >= 15 is 0 Å². The molecule has 0 unspecified atom stereocenters. The maximum atomic E-state index is 13.2. The third-order valence-electron chi connectivity index (χ3n) is 5.29. The number of hydrogen-bond donors (Lipinski definition) is 1.